The molecule has 0 saturated heterocycles. The van der Waals surface area contributed by atoms with Gasteiger partial charge in [0.25, 0.3) is 0 Å². The third kappa shape index (κ3) is 4.54. The molecular formula is C62H41NO. The summed E-state index contributed by atoms with van der Waals surface area (Å²) in [4.78, 5) is 2.55. The van der Waals surface area contributed by atoms with Crippen LogP contribution in [-0.2, 0) is 10.8 Å². The summed E-state index contributed by atoms with van der Waals surface area (Å²) >= 11 is 0. The summed E-state index contributed by atoms with van der Waals surface area (Å²) in [5, 5.41) is 4.63. The van der Waals surface area contributed by atoms with Crippen LogP contribution >= 0.6 is 0 Å². The normalized spacial score (nSPS) is 14.3. The van der Waals surface area contributed by atoms with E-state index in [1.54, 1.807) is 0 Å². The van der Waals surface area contributed by atoms with E-state index in [9.17, 15) is 0 Å². The third-order valence-corrected chi connectivity index (χ3v) is 14.9. The van der Waals surface area contributed by atoms with Crippen molar-refractivity contribution in [2.45, 2.75) is 24.7 Å². The van der Waals surface area contributed by atoms with Gasteiger partial charge in [-0.15, -0.1) is 0 Å². The van der Waals surface area contributed by atoms with Gasteiger partial charge in [-0.05, 0) is 108 Å². The lowest BCUT2D eigenvalue weighted by atomic mass is 9.70. The van der Waals surface area contributed by atoms with Crippen LogP contribution in [0.2, 0.25) is 0 Å². The van der Waals surface area contributed by atoms with Gasteiger partial charge in [0.05, 0.1) is 16.8 Å². The summed E-state index contributed by atoms with van der Waals surface area (Å²) in [6.07, 6.45) is 0. The van der Waals surface area contributed by atoms with E-state index in [0.29, 0.717) is 0 Å². The van der Waals surface area contributed by atoms with Crippen molar-refractivity contribution in [3.63, 3.8) is 0 Å². The van der Waals surface area contributed by atoms with Gasteiger partial charge in [0.2, 0.25) is 0 Å². The molecular weight excluding hydrogens is 775 g/mol. The molecule has 2 heteroatoms. The van der Waals surface area contributed by atoms with Crippen molar-refractivity contribution < 1.29 is 4.42 Å². The Morgan fingerprint density at radius 3 is 1.61 bits per heavy atom. The van der Waals surface area contributed by atoms with Crippen LogP contribution in [0, 0.1) is 0 Å². The molecule has 0 unspecified atom stereocenters. The summed E-state index contributed by atoms with van der Waals surface area (Å²) in [5.74, 6) is 0. The second kappa shape index (κ2) is 12.8. The fourth-order valence-electron chi connectivity index (χ4n) is 12.1. The van der Waals surface area contributed by atoms with Gasteiger partial charge in [0.1, 0.15) is 11.2 Å². The van der Waals surface area contributed by atoms with E-state index < -0.39 is 5.41 Å². The van der Waals surface area contributed by atoms with E-state index in [2.05, 4.69) is 231 Å². The van der Waals surface area contributed by atoms with Crippen LogP contribution in [0.4, 0.5) is 17.1 Å². The van der Waals surface area contributed by atoms with Crippen LogP contribution < -0.4 is 4.90 Å². The molecule has 1 spiro atoms. The monoisotopic (exact) mass is 815 g/mol. The molecule has 300 valence electrons. The highest BCUT2D eigenvalue weighted by atomic mass is 16.3. The molecule has 14 rings (SSSR count). The number of hydrogen-bond donors (Lipinski definition) is 0. The third-order valence-electron chi connectivity index (χ3n) is 14.9. The van der Waals surface area contributed by atoms with Gasteiger partial charge in [0, 0.05) is 38.6 Å². The lowest BCUT2D eigenvalue weighted by Gasteiger charge is -2.33. The Hall–Kier alpha value is -7.94. The van der Waals surface area contributed by atoms with E-state index in [4.69, 9.17) is 4.42 Å². The Morgan fingerprint density at radius 2 is 0.875 bits per heavy atom. The van der Waals surface area contributed by atoms with Crippen LogP contribution in [-0.4, -0.2) is 0 Å². The first-order chi connectivity index (χ1) is 31.5. The maximum Gasteiger partial charge on any atom is 0.143 e. The smallest absolute Gasteiger partial charge is 0.143 e. The number of rotatable bonds is 4. The Labute approximate surface area is 372 Å². The van der Waals surface area contributed by atoms with Crippen LogP contribution in [0.25, 0.3) is 77.2 Å². The summed E-state index contributed by atoms with van der Waals surface area (Å²) in [5.41, 5.74) is 22.5. The van der Waals surface area contributed by atoms with Crippen molar-refractivity contribution in [2.75, 3.05) is 4.90 Å². The number of nitrogens with zero attached hydrogens (tertiary/aromatic N) is 1. The molecule has 10 aromatic carbocycles. The second-order valence-electron chi connectivity index (χ2n) is 18.3. The molecule has 0 radical (unpaired) electrons. The van der Waals surface area contributed by atoms with Gasteiger partial charge in [-0.25, -0.2) is 0 Å². The highest BCUT2D eigenvalue weighted by Crippen LogP contribution is 2.65. The first-order valence-electron chi connectivity index (χ1n) is 22.4. The Bertz CT molecular complexity index is 3740. The van der Waals surface area contributed by atoms with E-state index >= 15 is 0 Å². The lowest BCUT2D eigenvalue weighted by molar-refractivity contribution is 0.660. The molecule has 11 aromatic rings. The number of para-hydroxylation sites is 2. The zero-order valence-corrected chi connectivity index (χ0v) is 35.6. The molecule has 2 nitrogen and oxygen atoms in total. The largest absolute Gasteiger partial charge is 0.455 e. The van der Waals surface area contributed by atoms with Gasteiger partial charge in [-0.2, -0.15) is 0 Å². The second-order valence-corrected chi connectivity index (χ2v) is 18.3. The number of hydrogen-bond acceptors (Lipinski definition) is 2. The summed E-state index contributed by atoms with van der Waals surface area (Å²) in [6.45, 7) is 4.75. The number of benzene rings is 10. The van der Waals surface area contributed by atoms with E-state index in [-0.39, 0.29) is 5.41 Å². The van der Waals surface area contributed by atoms with Crippen molar-refractivity contribution in [1.82, 2.24) is 0 Å². The highest BCUT2D eigenvalue weighted by Gasteiger charge is 2.52. The zero-order valence-electron chi connectivity index (χ0n) is 35.6. The van der Waals surface area contributed by atoms with E-state index in [0.717, 1.165) is 50.1 Å². The number of anilines is 3. The minimum absolute atomic E-state index is 0.177. The molecule has 3 aliphatic rings. The van der Waals surface area contributed by atoms with Crippen molar-refractivity contribution in [2.24, 2.45) is 0 Å². The summed E-state index contributed by atoms with van der Waals surface area (Å²) in [6, 6.07) is 79.0. The van der Waals surface area contributed by atoms with Crippen molar-refractivity contribution in [1.29, 1.82) is 0 Å². The minimum atomic E-state index is -0.467. The van der Waals surface area contributed by atoms with Crippen LogP contribution in [0.15, 0.2) is 217 Å². The number of fused-ring (bicyclic) bond motifs is 17. The predicted molar refractivity (Wildman–Crippen MR) is 265 cm³/mol. The predicted octanol–water partition coefficient (Wildman–Crippen LogP) is 16.5. The quantitative estimate of drug-likeness (QED) is 0.176. The van der Waals surface area contributed by atoms with Gasteiger partial charge >= 0.3 is 0 Å². The van der Waals surface area contributed by atoms with Crippen molar-refractivity contribution >= 4 is 49.8 Å². The topological polar surface area (TPSA) is 16.4 Å². The van der Waals surface area contributed by atoms with Crippen molar-refractivity contribution in [3.05, 3.63) is 246 Å². The van der Waals surface area contributed by atoms with Crippen LogP contribution in [0.5, 0.6) is 0 Å². The molecule has 0 amide bonds. The SMILES string of the molecule is CC1(C)c2ccccc2-c2ccc(N(c3ccccc3-c3cccc4c3oc3cc5ccccc5cc34)c3cccc4c3-c3ccccc3C43c4ccccc4-c4ccccc43)cc21. The van der Waals surface area contributed by atoms with E-state index in [1.165, 1.54) is 77.5 Å². The first kappa shape index (κ1) is 35.6. The molecule has 0 N–H and O–H groups in total. The van der Waals surface area contributed by atoms with Gasteiger partial charge < -0.3 is 9.32 Å². The fourth-order valence-corrected chi connectivity index (χ4v) is 12.1. The molecule has 0 atom stereocenters. The summed E-state index contributed by atoms with van der Waals surface area (Å²) in [7, 11) is 0. The first-order valence-corrected chi connectivity index (χ1v) is 22.4. The fraction of sp³-hybridized carbons (Fsp3) is 0.0645. The molecule has 0 fully saturated rings. The maximum absolute atomic E-state index is 6.95. The molecule has 0 aliphatic heterocycles. The van der Waals surface area contributed by atoms with Gasteiger partial charge in [-0.1, -0.05) is 190 Å². The zero-order chi connectivity index (χ0) is 42.3. The minimum Gasteiger partial charge on any atom is -0.455 e. The Balaban J connectivity index is 1.07. The maximum atomic E-state index is 6.95. The molecule has 0 bridgehead atoms. The van der Waals surface area contributed by atoms with Gasteiger partial charge in [-0.3, -0.25) is 0 Å². The Morgan fingerprint density at radius 1 is 0.359 bits per heavy atom. The average molecular weight is 816 g/mol. The molecule has 64 heavy (non-hydrogen) atoms. The molecule has 3 aliphatic carbocycles. The Kier molecular flexibility index (Phi) is 7.13. The van der Waals surface area contributed by atoms with Gasteiger partial charge in [0.15, 0.2) is 0 Å². The molecule has 1 aromatic heterocycles. The van der Waals surface area contributed by atoms with Crippen LogP contribution in [0.1, 0.15) is 47.2 Å². The standard InChI is InChI=1S/C62H41NO/c1-61(2)50-26-10-5-19-41(50)44-34-33-40(37-55(44)61)63(56-31-14-9-22-45(56)46-24-15-25-47-49-35-38-17-3-4-18-39(38)36-58(49)64-60(46)47)57-32-16-30-54-59(57)48-23-8-13-29-53(48)62(54)51-27-11-6-20-42(51)43-21-7-12-28-52(43)62/h3-37H,1-2H3. The summed E-state index contributed by atoms with van der Waals surface area (Å²) < 4.78 is 6.95. The average Bonchev–Trinajstić information content (AvgIpc) is 4.03. The molecule has 0 saturated carbocycles. The lowest BCUT2D eigenvalue weighted by Crippen LogP contribution is -2.26. The molecule has 1 heterocycles. The van der Waals surface area contributed by atoms with Crippen LogP contribution in [0.3, 0.4) is 0 Å². The van der Waals surface area contributed by atoms with E-state index in [1.807, 2.05) is 0 Å². The number of furan rings is 1. The van der Waals surface area contributed by atoms with Crippen molar-refractivity contribution in [3.8, 4) is 44.5 Å². The highest BCUT2D eigenvalue weighted by molar-refractivity contribution is 6.14.